The van der Waals surface area contributed by atoms with Crippen LogP contribution in [0.5, 0.6) is 0 Å². The molecule has 4 nitrogen and oxygen atoms in total. The van der Waals surface area contributed by atoms with Crippen LogP contribution in [0.1, 0.15) is 92.9 Å². The zero-order chi connectivity index (χ0) is 19.3. The Balaban J connectivity index is -0.000000531. The van der Waals surface area contributed by atoms with Crippen LogP contribution in [0, 0.1) is 11.3 Å². The van der Waals surface area contributed by atoms with Gasteiger partial charge in [0.25, 0.3) is 5.97 Å². The number of hydrogen-bond acceptors (Lipinski definition) is 2. The van der Waals surface area contributed by atoms with E-state index in [0.717, 1.165) is 6.92 Å². The quantitative estimate of drug-likeness (QED) is 0.467. The number of unbranched alkanes of at least 4 members (excludes halogenated alkanes) is 4. The number of carboxylic acids is 1. The molecule has 0 bridgehead atoms. The molecule has 0 saturated carbocycles. The van der Waals surface area contributed by atoms with Crippen molar-refractivity contribution in [2.45, 2.75) is 92.9 Å². The Labute approximate surface area is 151 Å². The van der Waals surface area contributed by atoms with Crippen LogP contribution < -0.4 is 0 Å². The second kappa shape index (κ2) is 21.9. The number of nitriles is 1. The number of hydrogen-bond donors (Lipinski definition) is 1. The number of quaternary nitrogens is 1. The summed E-state index contributed by atoms with van der Waals surface area (Å²) in [4.78, 5) is 9.00. The molecule has 0 amide bonds. The fraction of sp³-hybridized carbons (Fsp3) is 0.900. The summed E-state index contributed by atoms with van der Waals surface area (Å²) in [6, 6.07) is 1.75. The van der Waals surface area contributed by atoms with Crippen LogP contribution in [0.15, 0.2) is 0 Å². The molecule has 0 aromatic rings. The van der Waals surface area contributed by atoms with Crippen molar-refractivity contribution in [3.8, 4) is 6.07 Å². The van der Waals surface area contributed by atoms with Crippen LogP contribution in [-0.4, -0.2) is 41.7 Å². The van der Waals surface area contributed by atoms with Gasteiger partial charge in [0.1, 0.15) is 0 Å². The highest BCUT2D eigenvalue weighted by molar-refractivity contribution is 5.62. The topological polar surface area (TPSA) is 61.1 Å². The molecule has 0 fully saturated rings. The first-order valence-corrected chi connectivity index (χ1v) is 9.74. The van der Waals surface area contributed by atoms with Crippen molar-refractivity contribution in [1.82, 2.24) is 0 Å². The van der Waals surface area contributed by atoms with E-state index >= 15 is 0 Å². The van der Waals surface area contributed by atoms with E-state index in [2.05, 4.69) is 27.7 Å². The monoisotopic (exact) mass is 343 g/mol. The third kappa shape index (κ3) is 23.2. The van der Waals surface area contributed by atoms with Crippen LogP contribution in [-0.2, 0) is 4.79 Å². The molecule has 24 heavy (non-hydrogen) atoms. The van der Waals surface area contributed by atoms with Gasteiger partial charge in [-0.1, -0.05) is 53.4 Å². The van der Waals surface area contributed by atoms with E-state index in [1.807, 2.05) is 0 Å². The summed E-state index contributed by atoms with van der Waals surface area (Å²) in [5, 5.41) is 14.7. The van der Waals surface area contributed by atoms with Gasteiger partial charge in [-0.05, 0) is 25.7 Å². The molecule has 144 valence electrons. The van der Waals surface area contributed by atoms with Gasteiger partial charge in [-0.15, -0.1) is 0 Å². The van der Waals surface area contributed by atoms with E-state index in [4.69, 9.17) is 15.2 Å². The summed E-state index contributed by atoms with van der Waals surface area (Å²) in [7, 11) is 0. The van der Waals surface area contributed by atoms with E-state index in [0.29, 0.717) is 0 Å². The minimum absolute atomic E-state index is 0.833. The highest BCUT2D eigenvalue weighted by atomic mass is 16.4. The lowest BCUT2D eigenvalue weighted by molar-refractivity contribution is -0.929. The largest absolute Gasteiger partial charge is 0.481 e. The second-order valence-corrected chi connectivity index (χ2v) is 6.39. The third-order valence-electron chi connectivity index (χ3n) is 3.94. The maximum absolute atomic E-state index is 9.00. The van der Waals surface area contributed by atoms with Gasteiger partial charge in [0.15, 0.2) is 0 Å². The van der Waals surface area contributed by atoms with E-state index in [1.54, 1.807) is 6.07 Å². The lowest BCUT2D eigenvalue weighted by atomic mass is 10.1. The van der Waals surface area contributed by atoms with Crippen molar-refractivity contribution < 1.29 is 14.4 Å². The molecule has 0 aliphatic heterocycles. The van der Waals surface area contributed by atoms with Crippen LogP contribution >= 0.6 is 0 Å². The van der Waals surface area contributed by atoms with Crippen LogP contribution in [0.2, 0.25) is 0 Å². The van der Waals surface area contributed by atoms with Gasteiger partial charge in [-0.2, -0.15) is 5.26 Å². The van der Waals surface area contributed by atoms with Crippen molar-refractivity contribution >= 4 is 5.97 Å². The Kier molecular flexibility index (Phi) is 25.3. The van der Waals surface area contributed by atoms with Gasteiger partial charge < -0.3 is 9.59 Å². The van der Waals surface area contributed by atoms with Gasteiger partial charge in [0.05, 0.1) is 32.2 Å². The number of aliphatic carboxylic acids is 1. The Bertz CT molecular complexity index is 257. The summed E-state index contributed by atoms with van der Waals surface area (Å²) in [5.74, 6) is -0.833. The smallest absolute Gasteiger partial charge is 0.300 e. The molecule has 0 atom stereocenters. The molecule has 0 aromatic heterocycles. The van der Waals surface area contributed by atoms with E-state index in [9.17, 15) is 0 Å². The molecule has 0 spiro atoms. The third-order valence-corrected chi connectivity index (χ3v) is 3.94. The van der Waals surface area contributed by atoms with Gasteiger partial charge in [0, 0.05) is 13.8 Å². The molecule has 0 aromatic carbocycles. The van der Waals surface area contributed by atoms with Gasteiger partial charge >= 0.3 is 0 Å². The SMILES string of the molecule is CC#N.CC(=O)O.CCCC[N+](CCCC)(CCCC)CCCC. The average Bonchev–Trinajstić information content (AvgIpc) is 2.54. The van der Waals surface area contributed by atoms with Crippen molar-refractivity contribution in [2.24, 2.45) is 0 Å². The normalized spacial score (nSPS) is 9.88. The van der Waals surface area contributed by atoms with E-state index in [-0.39, 0.29) is 0 Å². The van der Waals surface area contributed by atoms with Gasteiger partial charge in [-0.25, -0.2) is 0 Å². The number of carbonyl (C=O) groups is 1. The summed E-state index contributed by atoms with van der Waals surface area (Å²) < 4.78 is 1.42. The van der Waals surface area contributed by atoms with Crippen molar-refractivity contribution in [1.29, 1.82) is 5.26 Å². The molecule has 0 unspecified atom stereocenters. The predicted molar refractivity (Wildman–Crippen MR) is 104 cm³/mol. The fourth-order valence-corrected chi connectivity index (χ4v) is 2.64. The molecule has 0 heterocycles. The van der Waals surface area contributed by atoms with Crippen LogP contribution in [0.4, 0.5) is 0 Å². The molecule has 0 radical (unpaired) electrons. The minimum Gasteiger partial charge on any atom is -0.481 e. The maximum atomic E-state index is 9.00. The van der Waals surface area contributed by atoms with Gasteiger partial charge in [-0.3, -0.25) is 4.79 Å². The number of nitrogens with zero attached hydrogens (tertiary/aromatic N) is 2. The van der Waals surface area contributed by atoms with Crippen LogP contribution in [0.3, 0.4) is 0 Å². The highest BCUT2D eigenvalue weighted by Gasteiger charge is 2.24. The zero-order valence-corrected chi connectivity index (χ0v) is 17.2. The Morgan fingerprint density at radius 2 is 1.00 bits per heavy atom. The fourth-order valence-electron chi connectivity index (χ4n) is 2.64. The van der Waals surface area contributed by atoms with E-state index < -0.39 is 5.97 Å². The standard InChI is InChI=1S/C16H36N.C2H3N.C2H4O2/c1-5-9-13-17(14-10-6-2,15-11-7-3)16-12-8-4;1-2-3;1-2(3)4/h5-16H2,1-4H3;1H3;1H3,(H,3,4)/q+1;;. The van der Waals surface area contributed by atoms with Crippen molar-refractivity contribution in [2.75, 3.05) is 26.2 Å². The molecular formula is C20H43N2O2+. The average molecular weight is 344 g/mol. The second-order valence-electron chi connectivity index (χ2n) is 6.39. The van der Waals surface area contributed by atoms with Crippen molar-refractivity contribution in [3.63, 3.8) is 0 Å². The Morgan fingerprint density at radius 3 is 1.12 bits per heavy atom. The van der Waals surface area contributed by atoms with E-state index in [1.165, 1.54) is 89.0 Å². The summed E-state index contributed by atoms with van der Waals surface area (Å²) >= 11 is 0. The first-order valence-electron chi connectivity index (χ1n) is 9.74. The molecule has 0 rings (SSSR count). The number of rotatable bonds is 12. The lowest BCUT2D eigenvalue weighted by Gasteiger charge is -2.39. The molecule has 1 N–H and O–H groups in total. The zero-order valence-electron chi connectivity index (χ0n) is 17.2. The summed E-state index contributed by atoms with van der Waals surface area (Å²) in [5.41, 5.74) is 0. The van der Waals surface area contributed by atoms with Crippen molar-refractivity contribution in [3.05, 3.63) is 0 Å². The molecule has 0 aliphatic carbocycles. The molecule has 0 aliphatic rings. The maximum Gasteiger partial charge on any atom is 0.300 e. The Morgan fingerprint density at radius 1 is 0.833 bits per heavy atom. The molecular weight excluding hydrogens is 300 g/mol. The minimum atomic E-state index is -0.833. The first-order chi connectivity index (χ1) is 11.4. The predicted octanol–water partition coefficient (Wildman–Crippen LogP) is 5.62. The Hall–Kier alpha value is -1.08. The highest BCUT2D eigenvalue weighted by Crippen LogP contribution is 2.16. The lowest BCUT2D eigenvalue weighted by Crippen LogP contribution is -2.50. The molecule has 4 heteroatoms. The number of carboxylic acid groups (broad SMARTS) is 1. The molecule has 0 saturated heterocycles. The summed E-state index contributed by atoms with van der Waals surface area (Å²) in [6.45, 7) is 17.5. The summed E-state index contributed by atoms with van der Waals surface area (Å²) in [6.07, 6.45) is 11.1. The van der Waals surface area contributed by atoms with Gasteiger partial charge in [0.2, 0.25) is 0 Å². The van der Waals surface area contributed by atoms with Crippen LogP contribution in [0.25, 0.3) is 0 Å². The first kappa shape index (κ1) is 27.8.